The summed E-state index contributed by atoms with van der Waals surface area (Å²) in [6.07, 6.45) is -9.32. The van der Waals surface area contributed by atoms with Crippen molar-refractivity contribution in [3.8, 4) is 17.0 Å². The maximum Gasteiger partial charge on any atom is 0.573 e. The lowest BCUT2D eigenvalue weighted by atomic mass is 10.1. The van der Waals surface area contributed by atoms with Gasteiger partial charge in [0.2, 0.25) is 5.13 Å². The number of rotatable bonds is 5. The van der Waals surface area contributed by atoms with Crippen LogP contribution in [0.25, 0.3) is 11.3 Å². The first-order valence-corrected chi connectivity index (χ1v) is 9.67. The Morgan fingerprint density at radius 2 is 1.77 bits per heavy atom. The van der Waals surface area contributed by atoms with Crippen molar-refractivity contribution >= 4 is 38.6 Å². The van der Waals surface area contributed by atoms with Crippen molar-refractivity contribution < 1.29 is 31.1 Å². The molecule has 12 heteroatoms. The molecule has 0 bridgehead atoms. The van der Waals surface area contributed by atoms with Crippen LogP contribution in [0.3, 0.4) is 0 Å². The van der Waals surface area contributed by atoms with Gasteiger partial charge in [0.1, 0.15) is 0 Å². The fourth-order valence-electron chi connectivity index (χ4n) is 2.35. The van der Waals surface area contributed by atoms with Gasteiger partial charge >= 0.3 is 12.5 Å². The summed E-state index contributed by atoms with van der Waals surface area (Å²) in [5.74, 6) is -1.37. The van der Waals surface area contributed by atoms with Gasteiger partial charge in [0, 0.05) is 10.9 Å². The number of halogens is 7. The molecule has 158 valence electrons. The van der Waals surface area contributed by atoms with Crippen LogP contribution >= 0.6 is 27.3 Å². The third kappa shape index (κ3) is 5.72. The van der Waals surface area contributed by atoms with Crippen LogP contribution in [0.4, 0.5) is 31.5 Å². The topological polar surface area (TPSA) is 46.5 Å². The first-order chi connectivity index (χ1) is 14.0. The maximum absolute atomic E-state index is 13.2. The summed E-state index contributed by atoms with van der Waals surface area (Å²) in [4.78, 5) is 4.30. The molecule has 0 spiro atoms. The van der Waals surface area contributed by atoms with E-state index in [0.717, 1.165) is 17.8 Å². The van der Waals surface area contributed by atoms with Gasteiger partial charge in [-0.1, -0.05) is 30.3 Å². The van der Waals surface area contributed by atoms with Crippen LogP contribution in [0.1, 0.15) is 11.1 Å². The fraction of sp³-hybridized carbons (Fsp3) is 0.111. The zero-order valence-corrected chi connectivity index (χ0v) is 17.0. The average Bonchev–Trinajstić information content (AvgIpc) is 3.11. The molecule has 1 aromatic heterocycles. The Hall–Kier alpha value is -2.60. The molecule has 0 aliphatic rings. The van der Waals surface area contributed by atoms with Crippen LogP contribution in [-0.2, 0) is 6.18 Å². The number of nitrogens with zero attached hydrogens (tertiary/aromatic N) is 2. The van der Waals surface area contributed by atoms with Crippen molar-refractivity contribution in [3.63, 3.8) is 0 Å². The van der Waals surface area contributed by atoms with Crippen molar-refractivity contribution in [3.05, 3.63) is 63.4 Å². The first kappa shape index (κ1) is 22.1. The highest BCUT2D eigenvalue weighted by Gasteiger charge is 2.40. The number of hydrogen-bond donors (Lipinski definition) is 1. The van der Waals surface area contributed by atoms with Crippen LogP contribution in [0, 0.1) is 0 Å². The number of hydrogen-bond acceptors (Lipinski definition) is 5. The second-order valence-corrected chi connectivity index (χ2v) is 7.41. The lowest BCUT2D eigenvalue weighted by Gasteiger charge is -2.17. The van der Waals surface area contributed by atoms with Crippen molar-refractivity contribution in [1.82, 2.24) is 4.98 Å². The summed E-state index contributed by atoms with van der Waals surface area (Å²) in [5, 5.41) is 5.97. The molecule has 3 aromatic rings. The van der Waals surface area contributed by atoms with Gasteiger partial charge in [-0.3, -0.25) is 5.43 Å². The SMILES string of the molecule is FC(F)(F)Oc1c(Br)cc(C=NNc2nc(-c3ccccc3)cs2)cc1C(F)(F)F. The van der Waals surface area contributed by atoms with Gasteiger partial charge in [0.15, 0.2) is 5.75 Å². The van der Waals surface area contributed by atoms with Gasteiger partial charge in [-0.2, -0.15) is 18.3 Å². The molecule has 0 aliphatic carbocycles. The zero-order valence-electron chi connectivity index (χ0n) is 14.6. The molecule has 4 nitrogen and oxygen atoms in total. The molecule has 0 saturated heterocycles. The lowest BCUT2D eigenvalue weighted by molar-refractivity contribution is -0.276. The highest BCUT2D eigenvalue weighted by molar-refractivity contribution is 9.10. The second-order valence-electron chi connectivity index (χ2n) is 5.70. The number of benzene rings is 2. The number of aromatic nitrogens is 1. The number of thiazole rings is 1. The van der Waals surface area contributed by atoms with Crippen molar-refractivity contribution in [2.24, 2.45) is 5.10 Å². The second kappa shape index (κ2) is 8.64. The largest absolute Gasteiger partial charge is 0.573 e. The van der Waals surface area contributed by atoms with E-state index in [2.05, 4.69) is 36.2 Å². The van der Waals surface area contributed by atoms with Crippen LogP contribution in [0.15, 0.2) is 57.4 Å². The Labute approximate surface area is 178 Å². The maximum atomic E-state index is 13.2. The summed E-state index contributed by atoms with van der Waals surface area (Å²) in [5.41, 5.74) is 2.46. The van der Waals surface area contributed by atoms with Crippen LogP contribution in [-0.4, -0.2) is 17.6 Å². The van der Waals surface area contributed by atoms with E-state index in [1.54, 1.807) is 5.38 Å². The van der Waals surface area contributed by atoms with Gasteiger partial charge in [0.25, 0.3) is 0 Å². The fourth-order valence-corrected chi connectivity index (χ4v) is 3.57. The van der Waals surface area contributed by atoms with E-state index in [0.29, 0.717) is 16.9 Å². The Bertz CT molecular complexity index is 1050. The number of anilines is 1. The molecule has 0 fully saturated rings. The minimum atomic E-state index is -5.28. The van der Waals surface area contributed by atoms with E-state index in [4.69, 9.17) is 0 Å². The van der Waals surface area contributed by atoms with Gasteiger partial charge in [0.05, 0.1) is 21.9 Å². The average molecular weight is 510 g/mol. The van der Waals surface area contributed by atoms with Crippen LogP contribution in [0.5, 0.6) is 5.75 Å². The third-order valence-corrected chi connectivity index (χ3v) is 4.87. The Morgan fingerprint density at radius 3 is 2.40 bits per heavy atom. The first-order valence-electron chi connectivity index (χ1n) is 7.99. The summed E-state index contributed by atoms with van der Waals surface area (Å²) in [7, 11) is 0. The highest BCUT2D eigenvalue weighted by Crippen LogP contribution is 2.43. The van der Waals surface area contributed by atoms with E-state index < -0.39 is 28.3 Å². The highest BCUT2D eigenvalue weighted by atomic mass is 79.9. The quantitative estimate of drug-likeness (QED) is 0.230. The molecule has 1 N–H and O–H groups in total. The Balaban J connectivity index is 1.80. The molecule has 0 unspecified atom stereocenters. The third-order valence-electron chi connectivity index (χ3n) is 3.54. The minimum absolute atomic E-state index is 0.101. The molecule has 0 saturated carbocycles. The van der Waals surface area contributed by atoms with Crippen molar-refractivity contribution in [2.45, 2.75) is 12.5 Å². The molecule has 0 atom stereocenters. The summed E-state index contributed by atoms with van der Waals surface area (Å²) in [6, 6.07) is 10.8. The van der Waals surface area contributed by atoms with E-state index in [-0.39, 0.29) is 5.56 Å². The summed E-state index contributed by atoms with van der Waals surface area (Å²) < 4.78 is 80.0. The number of ether oxygens (including phenoxy) is 1. The molecule has 0 amide bonds. The smallest absolute Gasteiger partial charge is 0.404 e. The summed E-state index contributed by atoms with van der Waals surface area (Å²) >= 11 is 3.92. The van der Waals surface area contributed by atoms with Gasteiger partial charge in [-0.15, -0.1) is 24.5 Å². The minimum Gasteiger partial charge on any atom is -0.404 e. The molecule has 0 aliphatic heterocycles. The van der Waals surface area contributed by atoms with Gasteiger partial charge in [-0.05, 0) is 33.6 Å². The normalized spacial score (nSPS) is 12.4. The van der Waals surface area contributed by atoms with Crippen LogP contribution in [0.2, 0.25) is 0 Å². The molecule has 30 heavy (non-hydrogen) atoms. The molecular weight excluding hydrogens is 500 g/mol. The predicted molar refractivity (Wildman–Crippen MR) is 105 cm³/mol. The Morgan fingerprint density at radius 1 is 1.07 bits per heavy atom. The number of nitrogens with one attached hydrogen (secondary N) is 1. The van der Waals surface area contributed by atoms with Gasteiger partial charge < -0.3 is 4.74 Å². The predicted octanol–water partition coefficient (Wildman–Crippen LogP) is 6.94. The molecule has 1 heterocycles. The zero-order chi connectivity index (χ0) is 21.9. The number of alkyl halides is 6. The molecule has 0 radical (unpaired) electrons. The van der Waals surface area contributed by atoms with E-state index in [1.807, 2.05) is 30.3 Å². The van der Waals surface area contributed by atoms with Crippen molar-refractivity contribution in [2.75, 3.05) is 5.43 Å². The van der Waals surface area contributed by atoms with Crippen LogP contribution < -0.4 is 10.2 Å². The standard InChI is InChI=1S/C18H10BrF6N3OS/c19-13-7-10(6-12(17(20,21)22)15(13)29-18(23,24)25)8-26-28-16-27-14(9-30-16)11-4-2-1-3-5-11/h1-9H,(H,27,28). The molecular formula is C18H10BrF6N3OS. The monoisotopic (exact) mass is 509 g/mol. The molecule has 2 aromatic carbocycles. The van der Waals surface area contributed by atoms with E-state index in [1.165, 1.54) is 11.3 Å². The Kier molecular flexibility index (Phi) is 6.36. The van der Waals surface area contributed by atoms with Gasteiger partial charge in [-0.25, -0.2) is 4.98 Å². The molecule has 3 rings (SSSR count). The summed E-state index contributed by atoms with van der Waals surface area (Å²) in [6.45, 7) is 0. The lowest BCUT2D eigenvalue weighted by Crippen LogP contribution is -2.20. The van der Waals surface area contributed by atoms with E-state index in [9.17, 15) is 26.3 Å². The van der Waals surface area contributed by atoms with Crippen molar-refractivity contribution in [1.29, 1.82) is 0 Å². The van der Waals surface area contributed by atoms with E-state index >= 15 is 0 Å². The number of hydrazone groups is 1.